The lowest BCUT2D eigenvalue weighted by molar-refractivity contribution is -0.122. The molecular weight excluding hydrogens is 264 g/mol. The Bertz CT molecular complexity index is 335. The van der Waals surface area contributed by atoms with E-state index in [0.717, 1.165) is 32.7 Å². The highest BCUT2D eigenvalue weighted by atomic mass is 16.2. The van der Waals surface area contributed by atoms with Crippen molar-refractivity contribution in [3.05, 3.63) is 0 Å². The highest BCUT2D eigenvalue weighted by Crippen LogP contribution is 2.24. The Morgan fingerprint density at radius 2 is 1.86 bits per heavy atom. The van der Waals surface area contributed by atoms with E-state index in [2.05, 4.69) is 48.0 Å². The highest BCUT2D eigenvalue weighted by Gasteiger charge is 2.28. The zero-order chi connectivity index (χ0) is 15.4. The zero-order valence-corrected chi connectivity index (χ0v) is 14.1. The van der Waals surface area contributed by atoms with E-state index in [-0.39, 0.29) is 5.91 Å². The van der Waals surface area contributed by atoms with E-state index in [1.807, 2.05) is 0 Å². The number of piperazine rings is 1. The first-order chi connectivity index (χ1) is 9.97. The number of hydrogen-bond acceptors (Lipinski definition) is 4. The van der Waals surface area contributed by atoms with Crippen LogP contribution in [0, 0.1) is 5.92 Å². The molecule has 1 saturated heterocycles. The number of nitrogens with one attached hydrogen (secondary N) is 1. The molecule has 1 amide bonds. The van der Waals surface area contributed by atoms with Gasteiger partial charge in [-0.05, 0) is 32.9 Å². The molecule has 2 aliphatic rings. The van der Waals surface area contributed by atoms with Gasteiger partial charge in [-0.25, -0.2) is 0 Å². The van der Waals surface area contributed by atoms with Crippen molar-refractivity contribution in [2.45, 2.75) is 38.8 Å². The van der Waals surface area contributed by atoms with Gasteiger partial charge in [0.05, 0.1) is 6.54 Å². The monoisotopic (exact) mass is 296 g/mol. The number of rotatable bonds is 7. The van der Waals surface area contributed by atoms with Gasteiger partial charge in [-0.2, -0.15) is 0 Å². The summed E-state index contributed by atoms with van der Waals surface area (Å²) in [5, 5.41) is 3.15. The number of carbonyl (C=O) groups is 1. The molecule has 0 aromatic carbocycles. The van der Waals surface area contributed by atoms with E-state index in [9.17, 15) is 4.79 Å². The van der Waals surface area contributed by atoms with Gasteiger partial charge < -0.3 is 10.2 Å². The van der Waals surface area contributed by atoms with E-state index in [4.69, 9.17) is 0 Å². The van der Waals surface area contributed by atoms with Crippen molar-refractivity contribution in [3.8, 4) is 0 Å². The Morgan fingerprint density at radius 3 is 2.38 bits per heavy atom. The molecule has 0 bridgehead atoms. The third-order valence-corrected chi connectivity index (χ3v) is 4.85. The molecule has 5 nitrogen and oxygen atoms in total. The molecule has 0 aromatic rings. The molecule has 122 valence electrons. The van der Waals surface area contributed by atoms with E-state index < -0.39 is 0 Å². The molecule has 2 fully saturated rings. The second kappa shape index (κ2) is 7.56. The van der Waals surface area contributed by atoms with Crippen molar-refractivity contribution in [1.82, 2.24) is 20.0 Å². The first-order valence-corrected chi connectivity index (χ1v) is 8.37. The van der Waals surface area contributed by atoms with Gasteiger partial charge in [0.15, 0.2) is 0 Å². The average Bonchev–Trinajstić information content (AvgIpc) is 3.25. The summed E-state index contributed by atoms with van der Waals surface area (Å²) in [6, 6.07) is 1.10. The van der Waals surface area contributed by atoms with Gasteiger partial charge in [-0.1, -0.05) is 13.8 Å². The topological polar surface area (TPSA) is 38.8 Å². The smallest absolute Gasteiger partial charge is 0.234 e. The predicted molar refractivity (Wildman–Crippen MR) is 86.4 cm³/mol. The fourth-order valence-electron chi connectivity index (χ4n) is 3.09. The Hall–Kier alpha value is -0.650. The summed E-state index contributed by atoms with van der Waals surface area (Å²) < 4.78 is 0. The van der Waals surface area contributed by atoms with Crippen LogP contribution < -0.4 is 5.32 Å². The fraction of sp³-hybridized carbons (Fsp3) is 0.938. The van der Waals surface area contributed by atoms with Crippen LogP contribution >= 0.6 is 0 Å². The maximum atomic E-state index is 12.1. The van der Waals surface area contributed by atoms with E-state index in [1.165, 1.54) is 12.8 Å². The third kappa shape index (κ3) is 5.24. The summed E-state index contributed by atoms with van der Waals surface area (Å²) in [5.74, 6) is 0.735. The Kier molecular flexibility index (Phi) is 6.02. The SMILES string of the molecule is CC(C)C(CNC(=O)CN(C)C1CC1)N1CCN(C)CC1. The number of hydrogen-bond donors (Lipinski definition) is 1. The van der Waals surface area contributed by atoms with Crippen LogP contribution in [0.2, 0.25) is 0 Å². The summed E-state index contributed by atoms with van der Waals surface area (Å²) in [6.07, 6.45) is 2.50. The van der Waals surface area contributed by atoms with Crippen LogP contribution in [-0.2, 0) is 4.79 Å². The van der Waals surface area contributed by atoms with Crippen LogP contribution in [0.25, 0.3) is 0 Å². The van der Waals surface area contributed by atoms with E-state index in [0.29, 0.717) is 24.5 Å². The van der Waals surface area contributed by atoms with Gasteiger partial charge in [-0.3, -0.25) is 14.6 Å². The Balaban J connectivity index is 1.75. The Morgan fingerprint density at radius 1 is 1.24 bits per heavy atom. The molecule has 1 aliphatic heterocycles. The van der Waals surface area contributed by atoms with Gasteiger partial charge in [-0.15, -0.1) is 0 Å². The summed E-state index contributed by atoms with van der Waals surface area (Å²) in [5.41, 5.74) is 0. The maximum absolute atomic E-state index is 12.1. The van der Waals surface area contributed by atoms with Crippen LogP contribution in [0.3, 0.4) is 0 Å². The largest absolute Gasteiger partial charge is 0.353 e. The molecule has 1 saturated carbocycles. The molecule has 1 atom stereocenters. The summed E-state index contributed by atoms with van der Waals surface area (Å²) in [6.45, 7) is 10.3. The van der Waals surface area contributed by atoms with Crippen LogP contribution in [0.4, 0.5) is 0 Å². The van der Waals surface area contributed by atoms with Crippen LogP contribution in [0.5, 0.6) is 0 Å². The molecular formula is C16H32N4O. The van der Waals surface area contributed by atoms with Crippen molar-refractivity contribution in [2.24, 2.45) is 5.92 Å². The maximum Gasteiger partial charge on any atom is 0.234 e. The van der Waals surface area contributed by atoms with Crippen LogP contribution in [0.15, 0.2) is 0 Å². The van der Waals surface area contributed by atoms with Crippen molar-refractivity contribution in [2.75, 3.05) is 53.4 Å². The fourth-order valence-corrected chi connectivity index (χ4v) is 3.09. The van der Waals surface area contributed by atoms with Crippen molar-refractivity contribution in [3.63, 3.8) is 0 Å². The third-order valence-electron chi connectivity index (χ3n) is 4.85. The predicted octanol–water partition coefficient (Wildman–Crippen LogP) is 0.469. The normalized spacial score (nSPS) is 22.8. The average molecular weight is 296 g/mol. The zero-order valence-electron chi connectivity index (χ0n) is 14.1. The number of likely N-dealkylation sites (N-methyl/N-ethyl adjacent to an activating group) is 2. The molecule has 1 aliphatic carbocycles. The molecule has 0 radical (unpaired) electrons. The number of nitrogens with zero attached hydrogens (tertiary/aromatic N) is 3. The molecule has 0 spiro atoms. The lowest BCUT2D eigenvalue weighted by Gasteiger charge is -2.40. The minimum absolute atomic E-state index is 0.171. The number of amides is 1. The van der Waals surface area contributed by atoms with Crippen molar-refractivity contribution >= 4 is 5.91 Å². The van der Waals surface area contributed by atoms with Crippen molar-refractivity contribution in [1.29, 1.82) is 0 Å². The van der Waals surface area contributed by atoms with Crippen LogP contribution in [-0.4, -0.2) is 86.1 Å². The molecule has 0 aromatic heterocycles. The minimum Gasteiger partial charge on any atom is -0.353 e. The lowest BCUT2D eigenvalue weighted by Crippen LogP contribution is -2.54. The molecule has 1 heterocycles. The van der Waals surface area contributed by atoms with Crippen LogP contribution in [0.1, 0.15) is 26.7 Å². The summed E-state index contributed by atoms with van der Waals surface area (Å²) in [4.78, 5) is 19.2. The first-order valence-electron chi connectivity index (χ1n) is 8.37. The molecule has 1 unspecified atom stereocenters. The standard InChI is InChI=1S/C16H32N4O/c1-13(2)15(20-9-7-18(3)8-10-20)11-17-16(21)12-19(4)14-5-6-14/h13-15H,5-12H2,1-4H3,(H,17,21). The van der Waals surface area contributed by atoms with Gasteiger partial charge in [0.25, 0.3) is 0 Å². The van der Waals surface area contributed by atoms with Gasteiger partial charge >= 0.3 is 0 Å². The Labute approximate surface area is 129 Å². The van der Waals surface area contributed by atoms with Gasteiger partial charge in [0, 0.05) is 44.8 Å². The quantitative estimate of drug-likeness (QED) is 0.741. The molecule has 21 heavy (non-hydrogen) atoms. The molecule has 1 N–H and O–H groups in total. The van der Waals surface area contributed by atoms with Crippen molar-refractivity contribution < 1.29 is 4.79 Å². The molecule has 5 heteroatoms. The minimum atomic E-state index is 0.171. The number of carbonyl (C=O) groups excluding carboxylic acids is 1. The molecule has 2 rings (SSSR count). The second-order valence-corrected chi connectivity index (χ2v) is 7.10. The summed E-state index contributed by atoms with van der Waals surface area (Å²) in [7, 11) is 4.23. The second-order valence-electron chi connectivity index (χ2n) is 7.10. The highest BCUT2D eigenvalue weighted by molar-refractivity contribution is 5.78. The van der Waals surface area contributed by atoms with Gasteiger partial charge in [0.2, 0.25) is 5.91 Å². The first kappa shape index (κ1) is 16.7. The summed E-state index contributed by atoms with van der Waals surface area (Å²) >= 11 is 0. The van der Waals surface area contributed by atoms with E-state index >= 15 is 0 Å². The lowest BCUT2D eigenvalue weighted by atomic mass is 10.0. The van der Waals surface area contributed by atoms with E-state index in [1.54, 1.807) is 0 Å². The van der Waals surface area contributed by atoms with Gasteiger partial charge in [0.1, 0.15) is 0 Å².